The summed E-state index contributed by atoms with van der Waals surface area (Å²) < 4.78 is 36.4. The monoisotopic (exact) mass is 384 g/mol. The fourth-order valence-electron chi connectivity index (χ4n) is 3.32. The van der Waals surface area contributed by atoms with E-state index < -0.39 is 49.1 Å². The van der Waals surface area contributed by atoms with E-state index in [0.717, 1.165) is 4.90 Å². The van der Waals surface area contributed by atoms with Gasteiger partial charge in [-0.15, -0.1) is 0 Å². The Labute approximate surface area is 147 Å². The highest BCUT2D eigenvalue weighted by Crippen LogP contribution is 2.50. The fraction of sp³-hybridized carbons (Fsp3) is 0.400. The summed E-state index contributed by atoms with van der Waals surface area (Å²) in [4.78, 5) is 29.1. The molecule has 0 radical (unpaired) electrons. The van der Waals surface area contributed by atoms with Crippen molar-refractivity contribution >= 4 is 37.8 Å². The van der Waals surface area contributed by atoms with E-state index in [9.17, 15) is 27.7 Å². The van der Waals surface area contributed by atoms with Crippen molar-refractivity contribution in [1.29, 1.82) is 0 Å². The molecule has 1 aromatic heterocycles. The topological polar surface area (TPSA) is 128 Å². The number of pyridine rings is 1. The van der Waals surface area contributed by atoms with E-state index in [1.165, 1.54) is 32.4 Å². The second-order valence-electron chi connectivity index (χ2n) is 6.37. The molecule has 0 saturated carbocycles. The van der Waals surface area contributed by atoms with Gasteiger partial charge in [-0.25, -0.2) is 13.2 Å². The molecule has 10 heteroatoms. The number of carbonyl (C=O) groups is 2. The van der Waals surface area contributed by atoms with E-state index in [2.05, 4.69) is 4.98 Å². The van der Waals surface area contributed by atoms with Crippen LogP contribution in [-0.4, -0.2) is 62.3 Å². The molecule has 8 nitrogen and oxygen atoms in total. The Morgan fingerprint density at radius 1 is 1.40 bits per heavy atom. The van der Waals surface area contributed by atoms with Crippen LogP contribution in [0.15, 0.2) is 30.0 Å². The Bertz CT molecular complexity index is 892. The van der Waals surface area contributed by atoms with Crippen LogP contribution in [0.1, 0.15) is 19.5 Å². The summed E-state index contributed by atoms with van der Waals surface area (Å²) in [6.07, 6.45) is 2.77. The van der Waals surface area contributed by atoms with Gasteiger partial charge in [-0.05, 0) is 37.2 Å². The number of fused-ring (bicyclic) bond motifs is 1. The molecule has 2 aliphatic heterocycles. The average Bonchev–Trinajstić information content (AvgIpc) is 2.66. The van der Waals surface area contributed by atoms with Gasteiger partial charge in [0.15, 0.2) is 26.2 Å². The number of hydrogen-bond donors (Lipinski definition) is 1. The van der Waals surface area contributed by atoms with Gasteiger partial charge in [0.2, 0.25) is 0 Å². The molecule has 0 spiro atoms. The number of rotatable bonds is 3. The lowest BCUT2D eigenvalue weighted by Crippen LogP contribution is -2.59. The molecule has 0 aliphatic carbocycles. The van der Waals surface area contributed by atoms with Crippen molar-refractivity contribution in [2.24, 2.45) is 0 Å². The maximum absolute atomic E-state index is 12.9. The maximum Gasteiger partial charge on any atom is 0.328 e. The highest BCUT2D eigenvalue weighted by atomic mass is 32.2. The van der Waals surface area contributed by atoms with Crippen LogP contribution in [0, 0.1) is 0 Å². The van der Waals surface area contributed by atoms with Gasteiger partial charge < -0.3 is 14.6 Å². The summed E-state index contributed by atoms with van der Waals surface area (Å²) in [7, 11) is -4.02. The van der Waals surface area contributed by atoms with Crippen LogP contribution < -0.4 is 0 Å². The number of hydrogen-bond acceptors (Lipinski definition) is 6. The Morgan fingerprint density at radius 2 is 2.04 bits per heavy atom. The number of carboxylic acids is 1. The standard InChI is InChI=1S/C15H16N2O6S2/c1-15(2)11(14(19)20)17-12(18)9(13(17)25(15,22)23)10(24(3)21)8-6-4-5-7-16-8/h4-7,11,13H,1-3H3,(H,19,20)/b10-9+/t11-,13+,24+/m0/s1. The van der Waals surface area contributed by atoms with Gasteiger partial charge in [-0.3, -0.25) is 9.78 Å². The van der Waals surface area contributed by atoms with Gasteiger partial charge in [-0.2, -0.15) is 0 Å². The molecule has 3 rings (SSSR count). The van der Waals surface area contributed by atoms with Crippen LogP contribution >= 0.6 is 0 Å². The van der Waals surface area contributed by atoms with Gasteiger partial charge in [0, 0.05) is 6.20 Å². The van der Waals surface area contributed by atoms with E-state index in [4.69, 9.17) is 0 Å². The van der Waals surface area contributed by atoms with Gasteiger partial charge in [0.25, 0.3) is 5.91 Å². The molecule has 3 heterocycles. The van der Waals surface area contributed by atoms with E-state index in [-0.39, 0.29) is 16.2 Å². The van der Waals surface area contributed by atoms with Crippen LogP contribution in [-0.2, 0) is 30.6 Å². The fourth-order valence-corrected chi connectivity index (χ4v) is 6.47. The molecule has 134 valence electrons. The molecule has 2 aliphatic rings. The second-order valence-corrected chi connectivity index (χ2v) is 10.3. The summed E-state index contributed by atoms with van der Waals surface area (Å²) >= 11 is -1.69. The van der Waals surface area contributed by atoms with Gasteiger partial charge in [0.1, 0.15) is 22.3 Å². The molecular weight excluding hydrogens is 368 g/mol. The van der Waals surface area contributed by atoms with E-state index in [0.29, 0.717) is 0 Å². The third-order valence-corrected chi connectivity index (χ3v) is 8.34. The number of β-lactam (4-membered cyclic amide) rings is 1. The Balaban J connectivity index is 2.25. The average molecular weight is 384 g/mol. The number of aliphatic carboxylic acids is 1. The highest BCUT2D eigenvalue weighted by molar-refractivity contribution is 8.00. The Hall–Kier alpha value is -1.91. The van der Waals surface area contributed by atoms with Crippen molar-refractivity contribution in [2.75, 3.05) is 6.26 Å². The zero-order chi connectivity index (χ0) is 18.7. The molecule has 0 bridgehead atoms. The van der Waals surface area contributed by atoms with Crippen molar-refractivity contribution in [3.05, 3.63) is 35.7 Å². The molecular formula is C15H16N2O6S2. The van der Waals surface area contributed by atoms with Crippen molar-refractivity contribution in [2.45, 2.75) is 30.0 Å². The first-order chi connectivity index (χ1) is 11.5. The zero-order valence-corrected chi connectivity index (χ0v) is 15.3. The lowest BCUT2D eigenvalue weighted by molar-refractivity contribution is -0.152. The minimum absolute atomic E-state index is 0.0252. The molecule has 0 unspecified atom stereocenters. The quantitative estimate of drug-likeness (QED) is 0.441. The smallest absolute Gasteiger partial charge is 0.328 e. The van der Waals surface area contributed by atoms with Gasteiger partial charge >= 0.3 is 5.97 Å². The third-order valence-electron chi connectivity index (χ3n) is 4.59. The van der Waals surface area contributed by atoms with E-state index in [1.807, 2.05) is 0 Å². The maximum atomic E-state index is 12.9. The summed E-state index contributed by atoms with van der Waals surface area (Å²) in [5, 5.41) is 8.01. The normalized spacial score (nSPS) is 29.6. The zero-order valence-electron chi connectivity index (χ0n) is 13.7. The second kappa shape index (κ2) is 5.55. The Morgan fingerprint density at radius 3 is 2.52 bits per heavy atom. The Kier molecular flexibility index (Phi) is 3.97. The van der Waals surface area contributed by atoms with Gasteiger partial charge in [-0.1, -0.05) is 6.07 Å². The molecule has 1 aromatic rings. The SMILES string of the molecule is C[S@@+]([O-])/C(=C1\C(=O)N2[C@@H](C(=O)O)C(C)(C)S(=O)(=O)[C@H]12)c1ccccn1. The van der Waals surface area contributed by atoms with Crippen LogP contribution in [0.4, 0.5) is 0 Å². The summed E-state index contributed by atoms with van der Waals surface area (Å²) in [6.45, 7) is 2.57. The minimum Gasteiger partial charge on any atom is -0.612 e. The minimum atomic E-state index is -4.02. The summed E-state index contributed by atoms with van der Waals surface area (Å²) in [6, 6.07) is 3.30. The summed E-state index contributed by atoms with van der Waals surface area (Å²) in [5.74, 6) is -2.12. The van der Waals surface area contributed by atoms with E-state index in [1.54, 1.807) is 12.1 Å². The molecule has 0 aromatic carbocycles. The number of nitrogens with zero attached hydrogens (tertiary/aromatic N) is 2. The lowest BCUT2D eigenvalue weighted by atomic mass is 9.95. The van der Waals surface area contributed by atoms with Crippen molar-refractivity contribution in [1.82, 2.24) is 9.88 Å². The first-order valence-electron chi connectivity index (χ1n) is 7.31. The predicted octanol–water partition coefficient (Wildman–Crippen LogP) is -0.000300. The van der Waals surface area contributed by atoms with Crippen molar-refractivity contribution < 1.29 is 27.7 Å². The lowest BCUT2D eigenvalue weighted by Gasteiger charge is -2.38. The van der Waals surface area contributed by atoms with Gasteiger partial charge in [0.05, 0.1) is 0 Å². The van der Waals surface area contributed by atoms with Crippen LogP contribution in [0.25, 0.3) is 4.91 Å². The molecule has 1 N–H and O–H groups in total. The molecule has 2 fully saturated rings. The van der Waals surface area contributed by atoms with Crippen LogP contribution in [0.5, 0.6) is 0 Å². The number of aromatic nitrogens is 1. The first kappa shape index (κ1) is 17.9. The predicted molar refractivity (Wildman–Crippen MR) is 90.3 cm³/mol. The number of carboxylic acid groups (broad SMARTS) is 1. The molecule has 25 heavy (non-hydrogen) atoms. The number of sulfone groups is 1. The first-order valence-corrected chi connectivity index (χ1v) is 10.4. The highest BCUT2D eigenvalue weighted by Gasteiger charge is 2.71. The van der Waals surface area contributed by atoms with Crippen molar-refractivity contribution in [3.63, 3.8) is 0 Å². The van der Waals surface area contributed by atoms with Crippen LogP contribution in [0.2, 0.25) is 0 Å². The number of amides is 1. The molecule has 2 saturated heterocycles. The van der Waals surface area contributed by atoms with E-state index >= 15 is 0 Å². The molecule has 1 amide bonds. The largest absolute Gasteiger partial charge is 0.612 e. The van der Waals surface area contributed by atoms with Crippen LogP contribution in [0.3, 0.4) is 0 Å². The van der Waals surface area contributed by atoms with Crippen molar-refractivity contribution in [3.8, 4) is 0 Å². The number of carbonyl (C=O) groups excluding carboxylic acids is 1. The third kappa shape index (κ3) is 2.24. The summed E-state index contributed by atoms with van der Waals surface area (Å²) in [5.41, 5.74) is 0.0782. The molecule has 3 atom stereocenters.